The molecule has 18 heavy (non-hydrogen) atoms. The number of anilines is 1. The topological polar surface area (TPSA) is 15.3 Å². The molecule has 0 bridgehead atoms. The molecule has 2 nitrogen and oxygen atoms in total. The number of hydrogen-bond donors (Lipinski definition) is 1. The Labute approximate surface area is 111 Å². The SMILES string of the molecule is CNCC1CCN(c2cccc(C)c2)CC1(C)C. The second kappa shape index (κ2) is 5.31. The van der Waals surface area contributed by atoms with E-state index in [0.717, 1.165) is 19.0 Å². The zero-order valence-corrected chi connectivity index (χ0v) is 12.2. The molecular formula is C16H26N2. The summed E-state index contributed by atoms with van der Waals surface area (Å²) in [5.74, 6) is 0.781. The van der Waals surface area contributed by atoms with Crippen LogP contribution in [0.25, 0.3) is 0 Å². The first-order chi connectivity index (χ1) is 8.53. The van der Waals surface area contributed by atoms with E-state index >= 15 is 0 Å². The Hall–Kier alpha value is -1.02. The van der Waals surface area contributed by atoms with E-state index in [1.807, 2.05) is 0 Å². The molecule has 0 amide bonds. The molecule has 1 unspecified atom stereocenters. The van der Waals surface area contributed by atoms with Crippen molar-refractivity contribution >= 4 is 5.69 Å². The summed E-state index contributed by atoms with van der Waals surface area (Å²) < 4.78 is 0. The maximum Gasteiger partial charge on any atom is 0.0369 e. The number of nitrogens with zero attached hydrogens (tertiary/aromatic N) is 1. The highest BCUT2D eigenvalue weighted by atomic mass is 15.1. The van der Waals surface area contributed by atoms with Gasteiger partial charge in [0.25, 0.3) is 0 Å². The summed E-state index contributed by atoms with van der Waals surface area (Å²) in [6.07, 6.45) is 1.28. The van der Waals surface area contributed by atoms with E-state index in [1.54, 1.807) is 0 Å². The normalized spacial score (nSPS) is 23.1. The molecule has 0 spiro atoms. The predicted molar refractivity (Wildman–Crippen MR) is 79.2 cm³/mol. The van der Waals surface area contributed by atoms with Crippen molar-refractivity contribution in [2.45, 2.75) is 27.2 Å². The van der Waals surface area contributed by atoms with Crippen molar-refractivity contribution in [3.63, 3.8) is 0 Å². The zero-order chi connectivity index (χ0) is 13.2. The van der Waals surface area contributed by atoms with Crippen molar-refractivity contribution in [2.75, 3.05) is 31.6 Å². The molecule has 1 aliphatic heterocycles. The molecule has 1 aromatic rings. The smallest absolute Gasteiger partial charge is 0.0369 e. The van der Waals surface area contributed by atoms with Crippen LogP contribution in [0.5, 0.6) is 0 Å². The summed E-state index contributed by atoms with van der Waals surface area (Å²) in [6.45, 7) is 10.4. The van der Waals surface area contributed by atoms with Crippen molar-refractivity contribution < 1.29 is 0 Å². The molecule has 0 saturated carbocycles. The van der Waals surface area contributed by atoms with Crippen molar-refractivity contribution in [3.8, 4) is 0 Å². The van der Waals surface area contributed by atoms with Crippen molar-refractivity contribution in [2.24, 2.45) is 11.3 Å². The Bertz CT molecular complexity index is 398. The fourth-order valence-corrected chi connectivity index (χ4v) is 3.07. The number of aryl methyl sites for hydroxylation is 1. The molecule has 0 radical (unpaired) electrons. The van der Waals surface area contributed by atoms with E-state index in [4.69, 9.17) is 0 Å². The highest BCUT2D eigenvalue weighted by Gasteiger charge is 2.35. The summed E-state index contributed by atoms with van der Waals surface area (Å²) in [6, 6.07) is 8.87. The van der Waals surface area contributed by atoms with Crippen molar-refractivity contribution in [3.05, 3.63) is 29.8 Å². The van der Waals surface area contributed by atoms with Gasteiger partial charge in [-0.25, -0.2) is 0 Å². The number of hydrogen-bond acceptors (Lipinski definition) is 2. The van der Waals surface area contributed by atoms with E-state index in [0.29, 0.717) is 5.41 Å². The molecule has 2 heteroatoms. The third kappa shape index (κ3) is 2.86. The monoisotopic (exact) mass is 246 g/mol. The van der Waals surface area contributed by atoms with Gasteiger partial charge in [0.05, 0.1) is 0 Å². The summed E-state index contributed by atoms with van der Waals surface area (Å²) in [5.41, 5.74) is 3.11. The lowest BCUT2D eigenvalue weighted by Crippen LogP contribution is -2.48. The zero-order valence-electron chi connectivity index (χ0n) is 12.2. The Morgan fingerprint density at radius 3 is 2.78 bits per heavy atom. The molecule has 0 aromatic heterocycles. The lowest BCUT2D eigenvalue weighted by molar-refractivity contribution is 0.174. The predicted octanol–water partition coefficient (Wildman–Crippen LogP) is 3.07. The van der Waals surface area contributed by atoms with Crippen LogP contribution < -0.4 is 10.2 Å². The molecule has 1 fully saturated rings. The van der Waals surface area contributed by atoms with Crippen LogP contribution in [-0.2, 0) is 0 Å². The van der Waals surface area contributed by atoms with E-state index in [2.05, 4.69) is 62.3 Å². The van der Waals surface area contributed by atoms with E-state index in [9.17, 15) is 0 Å². The maximum absolute atomic E-state index is 3.34. The maximum atomic E-state index is 3.34. The van der Waals surface area contributed by atoms with Gasteiger partial charge in [-0.05, 0) is 56.0 Å². The van der Waals surface area contributed by atoms with Gasteiger partial charge >= 0.3 is 0 Å². The lowest BCUT2D eigenvalue weighted by atomic mass is 9.73. The van der Waals surface area contributed by atoms with Crippen LogP contribution >= 0.6 is 0 Å². The molecule has 2 rings (SSSR count). The summed E-state index contributed by atoms with van der Waals surface area (Å²) in [5, 5.41) is 3.34. The van der Waals surface area contributed by atoms with Gasteiger partial charge in [-0.1, -0.05) is 26.0 Å². The highest BCUT2D eigenvalue weighted by Crippen LogP contribution is 2.36. The molecule has 0 aliphatic carbocycles. The summed E-state index contributed by atoms with van der Waals surface area (Å²) in [7, 11) is 2.06. The summed E-state index contributed by atoms with van der Waals surface area (Å²) in [4.78, 5) is 2.54. The van der Waals surface area contributed by atoms with Gasteiger partial charge in [0.15, 0.2) is 0 Å². The van der Waals surface area contributed by atoms with Gasteiger partial charge < -0.3 is 10.2 Å². The van der Waals surface area contributed by atoms with Crippen LogP contribution in [0.4, 0.5) is 5.69 Å². The second-order valence-corrected chi connectivity index (χ2v) is 6.29. The van der Waals surface area contributed by atoms with E-state index in [1.165, 1.54) is 24.2 Å². The average Bonchev–Trinajstić information content (AvgIpc) is 2.31. The first kappa shape index (κ1) is 13.4. The van der Waals surface area contributed by atoms with Gasteiger partial charge in [0, 0.05) is 18.8 Å². The van der Waals surface area contributed by atoms with E-state index < -0.39 is 0 Å². The van der Waals surface area contributed by atoms with Gasteiger partial charge in [0.2, 0.25) is 0 Å². The quantitative estimate of drug-likeness (QED) is 0.882. The van der Waals surface area contributed by atoms with Gasteiger partial charge in [-0.2, -0.15) is 0 Å². The van der Waals surface area contributed by atoms with Crippen LogP contribution in [0, 0.1) is 18.3 Å². The first-order valence-corrected chi connectivity index (χ1v) is 6.99. The third-order valence-electron chi connectivity index (χ3n) is 4.27. The molecule has 1 atom stereocenters. The first-order valence-electron chi connectivity index (χ1n) is 6.99. The number of benzene rings is 1. The molecule has 1 heterocycles. The van der Waals surface area contributed by atoms with Crippen LogP contribution in [-0.4, -0.2) is 26.7 Å². The average molecular weight is 246 g/mol. The minimum atomic E-state index is 0.380. The largest absolute Gasteiger partial charge is 0.371 e. The molecule has 1 saturated heterocycles. The Morgan fingerprint density at radius 1 is 1.39 bits per heavy atom. The number of rotatable bonds is 3. The van der Waals surface area contributed by atoms with Crippen molar-refractivity contribution in [1.29, 1.82) is 0 Å². The molecule has 100 valence electrons. The van der Waals surface area contributed by atoms with E-state index in [-0.39, 0.29) is 0 Å². The minimum absolute atomic E-state index is 0.380. The fourth-order valence-electron chi connectivity index (χ4n) is 3.07. The number of nitrogens with one attached hydrogen (secondary N) is 1. The minimum Gasteiger partial charge on any atom is -0.371 e. The Balaban J connectivity index is 2.11. The van der Waals surface area contributed by atoms with Crippen LogP contribution in [0.3, 0.4) is 0 Å². The Morgan fingerprint density at radius 2 is 2.17 bits per heavy atom. The van der Waals surface area contributed by atoms with Crippen molar-refractivity contribution in [1.82, 2.24) is 5.32 Å². The third-order valence-corrected chi connectivity index (χ3v) is 4.27. The molecule has 1 N–H and O–H groups in total. The molecule has 1 aromatic carbocycles. The number of piperidine rings is 1. The second-order valence-electron chi connectivity index (χ2n) is 6.29. The fraction of sp³-hybridized carbons (Fsp3) is 0.625. The molecular weight excluding hydrogens is 220 g/mol. The highest BCUT2D eigenvalue weighted by molar-refractivity contribution is 5.49. The Kier molecular flexibility index (Phi) is 3.96. The van der Waals surface area contributed by atoms with Crippen LogP contribution in [0.1, 0.15) is 25.8 Å². The summed E-state index contributed by atoms with van der Waals surface area (Å²) >= 11 is 0. The van der Waals surface area contributed by atoms with Gasteiger partial charge in [-0.15, -0.1) is 0 Å². The lowest BCUT2D eigenvalue weighted by Gasteiger charge is -2.45. The van der Waals surface area contributed by atoms with Gasteiger partial charge in [-0.3, -0.25) is 0 Å². The van der Waals surface area contributed by atoms with Crippen LogP contribution in [0.15, 0.2) is 24.3 Å². The van der Waals surface area contributed by atoms with Crippen LogP contribution in [0.2, 0.25) is 0 Å². The standard InChI is InChI=1S/C16H26N2/c1-13-6-5-7-15(10-13)18-9-8-14(11-17-4)16(2,3)12-18/h5-7,10,14,17H,8-9,11-12H2,1-4H3. The molecule has 1 aliphatic rings. The van der Waals surface area contributed by atoms with Gasteiger partial charge in [0.1, 0.15) is 0 Å².